The molecule has 4 aromatic rings. The molecule has 3 aromatic carbocycles. The first-order chi connectivity index (χ1) is 18.6. The van der Waals surface area contributed by atoms with Gasteiger partial charge in [-0.3, -0.25) is 9.69 Å². The van der Waals surface area contributed by atoms with Gasteiger partial charge in [-0.2, -0.15) is 0 Å². The van der Waals surface area contributed by atoms with Crippen LogP contribution in [0.15, 0.2) is 79.0 Å². The highest BCUT2D eigenvalue weighted by atomic mass is 19.1. The van der Waals surface area contributed by atoms with Crippen LogP contribution < -0.4 is 10.1 Å². The van der Waals surface area contributed by atoms with Crippen molar-refractivity contribution in [3.8, 4) is 5.75 Å². The molecule has 0 spiro atoms. The second-order valence-electron chi connectivity index (χ2n) is 9.66. The smallest absolute Gasteiger partial charge is 0.220 e. The first-order valence-corrected chi connectivity index (χ1v) is 13.1. The summed E-state index contributed by atoms with van der Waals surface area (Å²) in [5.41, 5.74) is 3.65. The molecule has 1 aliphatic heterocycles. The Bertz CT molecular complexity index is 1360. The number of nitrogens with one attached hydrogen (secondary N) is 1. The van der Waals surface area contributed by atoms with Crippen molar-refractivity contribution in [1.82, 2.24) is 14.8 Å². The van der Waals surface area contributed by atoms with Gasteiger partial charge in [0, 0.05) is 62.2 Å². The summed E-state index contributed by atoms with van der Waals surface area (Å²) in [6.07, 6.45) is 2.24. The van der Waals surface area contributed by atoms with Crippen LogP contribution in [-0.2, 0) is 16.1 Å². The Balaban J connectivity index is 1.42. The first kappa shape index (κ1) is 25.9. The van der Waals surface area contributed by atoms with E-state index in [0.717, 1.165) is 60.6 Å². The van der Waals surface area contributed by atoms with Gasteiger partial charge >= 0.3 is 0 Å². The number of ether oxygens (including phenoxy) is 2. The van der Waals surface area contributed by atoms with Gasteiger partial charge in [0.2, 0.25) is 5.91 Å². The molecule has 0 unspecified atom stereocenters. The number of hydrogen-bond acceptors (Lipinski definition) is 4. The van der Waals surface area contributed by atoms with Crippen molar-refractivity contribution in [3.63, 3.8) is 0 Å². The number of amides is 1. The van der Waals surface area contributed by atoms with E-state index >= 15 is 4.39 Å². The van der Waals surface area contributed by atoms with Crippen LogP contribution in [-0.4, -0.2) is 61.9 Å². The van der Waals surface area contributed by atoms with E-state index in [4.69, 9.17) is 9.47 Å². The number of methoxy groups -OCH3 is 1. The number of fused-ring (bicyclic) bond motifs is 1. The maximum Gasteiger partial charge on any atom is 0.220 e. The molecule has 0 aliphatic carbocycles. The number of rotatable bonds is 10. The van der Waals surface area contributed by atoms with E-state index in [-0.39, 0.29) is 18.1 Å². The fourth-order valence-electron chi connectivity index (χ4n) is 5.19. The molecule has 1 N–H and O–H groups in total. The predicted molar refractivity (Wildman–Crippen MR) is 147 cm³/mol. The highest BCUT2D eigenvalue weighted by Crippen LogP contribution is 2.36. The summed E-state index contributed by atoms with van der Waals surface area (Å²) in [6.45, 7) is 5.19. The Morgan fingerprint density at radius 2 is 1.74 bits per heavy atom. The van der Waals surface area contributed by atoms with Crippen molar-refractivity contribution in [2.45, 2.75) is 18.9 Å². The van der Waals surface area contributed by atoms with Crippen LogP contribution >= 0.6 is 0 Å². The summed E-state index contributed by atoms with van der Waals surface area (Å²) in [5.74, 6) is 0.0109. The maximum absolute atomic E-state index is 15.1. The molecule has 1 saturated heterocycles. The first-order valence-electron chi connectivity index (χ1n) is 13.1. The zero-order chi connectivity index (χ0) is 26.3. The van der Waals surface area contributed by atoms with Crippen molar-refractivity contribution < 1.29 is 18.7 Å². The highest BCUT2D eigenvalue weighted by molar-refractivity contribution is 5.86. The van der Waals surface area contributed by atoms with Crippen molar-refractivity contribution in [3.05, 3.63) is 102 Å². The Morgan fingerprint density at radius 3 is 2.50 bits per heavy atom. The fraction of sp³-hybridized carbons (Fsp3) is 0.323. The standard InChI is InChI=1S/C31H34FN3O3/c1-37-24-12-10-23(11-13-24)21-35-22-28(26-7-3-5-9-30(26)35)27(25-6-2-4-8-29(25)32)20-31(36)33-14-15-34-16-18-38-19-17-34/h2-13,22,27H,14-21H2,1H3,(H,33,36)/t27-/m1/s1. The molecule has 6 nitrogen and oxygen atoms in total. The monoisotopic (exact) mass is 515 g/mol. The summed E-state index contributed by atoms with van der Waals surface area (Å²) in [5, 5.41) is 4.09. The van der Waals surface area contributed by atoms with Gasteiger partial charge in [0.05, 0.1) is 20.3 Å². The normalized spacial score (nSPS) is 14.9. The minimum atomic E-state index is -0.415. The van der Waals surface area contributed by atoms with Gasteiger partial charge in [0.25, 0.3) is 0 Å². The summed E-state index contributed by atoms with van der Waals surface area (Å²) in [4.78, 5) is 15.4. The molecule has 1 fully saturated rings. The number of halogens is 1. The van der Waals surface area contributed by atoms with Crippen LogP contribution in [0.4, 0.5) is 4.39 Å². The van der Waals surface area contributed by atoms with Crippen LogP contribution in [0.3, 0.4) is 0 Å². The summed E-state index contributed by atoms with van der Waals surface area (Å²) in [6, 6.07) is 22.9. The van der Waals surface area contributed by atoms with Gasteiger partial charge in [-0.25, -0.2) is 4.39 Å². The third-order valence-electron chi connectivity index (χ3n) is 7.23. The van der Waals surface area contributed by atoms with Gasteiger partial charge in [0.15, 0.2) is 0 Å². The fourth-order valence-corrected chi connectivity index (χ4v) is 5.19. The van der Waals surface area contributed by atoms with E-state index < -0.39 is 5.92 Å². The lowest BCUT2D eigenvalue weighted by Crippen LogP contribution is -2.41. The van der Waals surface area contributed by atoms with Crippen LogP contribution in [0, 0.1) is 5.82 Å². The third kappa shape index (κ3) is 6.06. The van der Waals surface area contributed by atoms with Gasteiger partial charge < -0.3 is 19.4 Å². The van der Waals surface area contributed by atoms with Gasteiger partial charge in [-0.15, -0.1) is 0 Å². The average Bonchev–Trinajstić information content (AvgIpc) is 3.31. The molecule has 0 radical (unpaired) electrons. The predicted octanol–water partition coefficient (Wildman–Crippen LogP) is 4.81. The molecule has 7 heteroatoms. The van der Waals surface area contributed by atoms with Gasteiger partial charge in [-0.05, 0) is 41.0 Å². The van der Waals surface area contributed by atoms with E-state index in [1.807, 2.05) is 42.5 Å². The minimum Gasteiger partial charge on any atom is -0.497 e. The molecule has 0 saturated carbocycles. The molecule has 38 heavy (non-hydrogen) atoms. The van der Waals surface area contributed by atoms with E-state index in [2.05, 4.69) is 33.1 Å². The highest BCUT2D eigenvalue weighted by Gasteiger charge is 2.25. The lowest BCUT2D eigenvalue weighted by atomic mass is 9.87. The lowest BCUT2D eigenvalue weighted by Gasteiger charge is -2.26. The molecular weight excluding hydrogens is 481 g/mol. The largest absolute Gasteiger partial charge is 0.497 e. The van der Waals surface area contributed by atoms with Crippen molar-refractivity contribution >= 4 is 16.8 Å². The Hall–Kier alpha value is -3.68. The van der Waals surface area contributed by atoms with Crippen LogP contribution in [0.5, 0.6) is 5.75 Å². The number of benzene rings is 3. The van der Waals surface area contributed by atoms with Gasteiger partial charge in [-0.1, -0.05) is 48.5 Å². The summed E-state index contributed by atoms with van der Waals surface area (Å²) >= 11 is 0. The third-order valence-corrected chi connectivity index (χ3v) is 7.23. The second kappa shape index (κ2) is 12.2. The van der Waals surface area contributed by atoms with E-state index in [1.54, 1.807) is 19.2 Å². The zero-order valence-electron chi connectivity index (χ0n) is 21.7. The van der Waals surface area contributed by atoms with E-state index in [1.165, 1.54) is 6.07 Å². The number of nitrogens with zero attached hydrogens (tertiary/aromatic N) is 2. The van der Waals surface area contributed by atoms with Crippen molar-refractivity contribution in [2.24, 2.45) is 0 Å². The number of carbonyl (C=O) groups excluding carboxylic acids is 1. The molecule has 1 atom stereocenters. The second-order valence-corrected chi connectivity index (χ2v) is 9.66. The van der Waals surface area contributed by atoms with Gasteiger partial charge in [0.1, 0.15) is 11.6 Å². The molecule has 1 aromatic heterocycles. The van der Waals surface area contributed by atoms with Crippen molar-refractivity contribution in [1.29, 1.82) is 0 Å². The van der Waals surface area contributed by atoms with Crippen LogP contribution in [0.25, 0.3) is 10.9 Å². The topological polar surface area (TPSA) is 55.7 Å². The molecule has 2 heterocycles. The van der Waals surface area contributed by atoms with E-state index in [0.29, 0.717) is 18.7 Å². The minimum absolute atomic E-state index is 0.0847. The molecule has 1 aliphatic rings. The van der Waals surface area contributed by atoms with Crippen LogP contribution in [0.1, 0.15) is 29.0 Å². The van der Waals surface area contributed by atoms with Crippen molar-refractivity contribution in [2.75, 3.05) is 46.5 Å². The number of aromatic nitrogens is 1. The Kier molecular flexibility index (Phi) is 8.36. The molecule has 0 bridgehead atoms. The lowest BCUT2D eigenvalue weighted by molar-refractivity contribution is -0.121. The SMILES string of the molecule is COc1ccc(Cn2cc([C@H](CC(=O)NCCN3CCOCC3)c3ccccc3F)c3ccccc32)cc1. The zero-order valence-corrected chi connectivity index (χ0v) is 21.7. The Labute approximate surface area is 223 Å². The van der Waals surface area contributed by atoms with E-state index in [9.17, 15) is 4.79 Å². The molecular formula is C31H34FN3O3. The summed E-state index contributed by atoms with van der Waals surface area (Å²) in [7, 11) is 1.66. The molecule has 1 amide bonds. The molecule has 5 rings (SSSR count). The maximum atomic E-state index is 15.1. The number of morpholine rings is 1. The summed E-state index contributed by atoms with van der Waals surface area (Å²) < 4.78 is 28.0. The molecule has 198 valence electrons. The Morgan fingerprint density at radius 1 is 1.00 bits per heavy atom. The average molecular weight is 516 g/mol. The number of para-hydroxylation sites is 1. The van der Waals surface area contributed by atoms with Crippen LogP contribution in [0.2, 0.25) is 0 Å². The number of hydrogen-bond donors (Lipinski definition) is 1. The quantitative estimate of drug-likeness (QED) is 0.330. The number of carbonyl (C=O) groups is 1.